The first kappa shape index (κ1) is 17.2. The van der Waals surface area contributed by atoms with Crippen LogP contribution in [0.1, 0.15) is 19.4 Å². The predicted molar refractivity (Wildman–Crippen MR) is 76.9 cm³/mol. The van der Waals surface area contributed by atoms with Crippen molar-refractivity contribution in [1.82, 2.24) is 0 Å². The molecule has 1 aromatic carbocycles. The van der Waals surface area contributed by atoms with E-state index in [9.17, 15) is 14.4 Å². The molecule has 0 saturated heterocycles. The van der Waals surface area contributed by atoms with Gasteiger partial charge in [-0.3, -0.25) is 9.59 Å². The van der Waals surface area contributed by atoms with E-state index in [2.05, 4.69) is 4.74 Å². The van der Waals surface area contributed by atoms with Crippen molar-refractivity contribution < 1.29 is 23.9 Å². The predicted octanol–water partition coefficient (Wildman–Crippen LogP) is 2.19. The molecule has 0 radical (unpaired) electrons. The summed E-state index contributed by atoms with van der Waals surface area (Å²) in [6.45, 7) is 3.41. The van der Waals surface area contributed by atoms with E-state index in [0.717, 1.165) is 0 Å². The Morgan fingerprint density at radius 2 is 1.81 bits per heavy atom. The molecule has 21 heavy (non-hydrogen) atoms. The number of hydrogen-bond acceptors (Lipinski definition) is 5. The minimum absolute atomic E-state index is 0.0387. The highest BCUT2D eigenvalue weighted by Crippen LogP contribution is 2.17. The average molecular weight is 313 g/mol. The number of Topliss-reactive ketones (excluding diaryl/α,β-unsaturated/α-hetero) is 1. The van der Waals surface area contributed by atoms with Crippen molar-refractivity contribution in [3.63, 3.8) is 0 Å². The van der Waals surface area contributed by atoms with Gasteiger partial charge in [0.05, 0.1) is 13.2 Å². The Bertz CT molecular complexity index is 527. The number of carbonyl (C=O) groups is 3. The van der Waals surface area contributed by atoms with Crippen LogP contribution in [0.2, 0.25) is 5.02 Å². The molecule has 0 spiro atoms. The van der Waals surface area contributed by atoms with E-state index in [1.54, 1.807) is 38.1 Å². The maximum absolute atomic E-state index is 12.0. The molecule has 0 bridgehead atoms. The third-order valence-electron chi connectivity index (χ3n) is 2.69. The highest BCUT2D eigenvalue weighted by atomic mass is 35.5. The van der Waals surface area contributed by atoms with Crippen LogP contribution < -0.4 is 0 Å². The van der Waals surface area contributed by atoms with Gasteiger partial charge >= 0.3 is 11.9 Å². The number of benzene rings is 1. The van der Waals surface area contributed by atoms with Gasteiger partial charge in [0.2, 0.25) is 0 Å². The maximum Gasteiger partial charge on any atom is 0.375 e. The zero-order valence-electron chi connectivity index (χ0n) is 11.9. The number of rotatable bonds is 7. The standard InChI is InChI=1S/C15H17ClO5/c1-3-20-14(18)12(13(17)15(19)21-4-2)9-10-6-5-7-11(16)8-10/h5-8,12H,3-4,9H2,1-2H3. The fourth-order valence-corrected chi connectivity index (χ4v) is 1.98. The Hall–Kier alpha value is -1.88. The SMILES string of the molecule is CCOC(=O)C(=O)C(Cc1cccc(Cl)c1)C(=O)OCC. The summed E-state index contributed by atoms with van der Waals surface area (Å²) in [6, 6.07) is 6.73. The summed E-state index contributed by atoms with van der Waals surface area (Å²) in [5, 5.41) is 0.485. The van der Waals surface area contributed by atoms with Crippen molar-refractivity contribution in [3.8, 4) is 0 Å². The third-order valence-corrected chi connectivity index (χ3v) is 2.93. The molecule has 0 saturated carbocycles. The highest BCUT2D eigenvalue weighted by Gasteiger charge is 2.34. The fraction of sp³-hybridized carbons (Fsp3) is 0.400. The molecule has 6 heteroatoms. The van der Waals surface area contributed by atoms with E-state index in [-0.39, 0.29) is 19.6 Å². The first-order valence-electron chi connectivity index (χ1n) is 6.61. The molecule has 1 aromatic rings. The van der Waals surface area contributed by atoms with Gasteiger partial charge in [0, 0.05) is 5.02 Å². The summed E-state index contributed by atoms with van der Waals surface area (Å²) in [7, 11) is 0. The van der Waals surface area contributed by atoms with Crippen LogP contribution in [0.3, 0.4) is 0 Å². The van der Waals surface area contributed by atoms with Gasteiger partial charge in [-0.25, -0.2) is 4.79 Å². The number of hydrogen-bond donors (Lipinski definition) is 0. The molecule has 5 nitrogen and oxygen atoms in total. The summed E-state index contributed by atoms with van der Waals surface area (Å²) in [6.07, 6.45) is 0.0387. The normalized spacial score (nSPS) is 11.6. The molecule has 0 aliphatic rings. The van der Waals surface area contributed by atoms with Crippen molar-refractivity contribution >= 4 is 29.3 Å². The van der Waals surface area contributed by atoms with E-state index in [4.69, 9.17) is 16.3 Å². The fourth-order valence-electron chi connectivity index (χ4n) is 1.77. The summed E-state index contributed by atoms with van der Waals surface area (Å²) in [5.74, 6) is -3.90. The number of ketones is 1. The van der Waals surface area contributed by atoms with Gasteiger partial charge in [-0.05, 0) is 38.0 Å². The molecular formula is C15H17ClO5. The quantitative estimate of drug-likeness (QED) is 0.438. The van der Waals surface area contributed by atoms with Crippen molar-refractivity contribution in [1.29, 1.82) is 0 Å². The van der Waals surface area contributed by atoms with Crippen molar-refractivity contribution in [3.05, 3.63) is 34.9 Å². The zero-order valence-corrected chi connectivity index (χ0v) is 12.7. The number of ether oxygens (including phenoxy) is 2. The van der Waals surface area contributed by atoms with Crippen LogP contribution in [0.15, 0.2) is 24.3 Å². The van der Waals surface area contributed by atoms with Gasteiger partial charge in [-0.2, -0.15) is 0 Å². The molecule has 1 rings (SSSR count). The van der Waals surface area contributed by atoms with Crippen LogP contribution in [-0.2, 0) is 30.3 Å². The summed E-state index contributed by atoms with van der Waals surface area (Å²) >= 11 is 5.87. The van der Waals surface area contributed by atoms with Gasteiger partial charge < -0.3 is 9.47 Å². The topological polar surface area (TPSA) is 69.7 Å². The monoisotopic (exact) mass is 312 g/mol. The van der Waals surface area contributed by atoms with Crippen LogP contribution in [0.5, 0.6) is 0 Å². The van der Waals surface area contributed by atoms with Gasteiger partial charge in [0.15, 0.2) is 0 Å². The van der Waals surface area contributed by atoms with Gasteiger partial charge in [-0.1, -0.05) is 23.7 Å². The smallest absolute Gasteiger partial charge is 0.375 e. The van der Waals surface area contributed by atoms with Crippen LogP contribution in [0, 0.1) is 5.92 Å². The molecule has 0 N–H and O–H groups in total. The van der Waals surface area contributed by atoms with Crippen molar-refractivity contribution in [2.24, 2.45) is 5.92 Å². The second kappa shape index (κ2) is 8.42. The average Bonchev–Trinajstić information content (AvgIpc) is 2.44. The second-order valence-corrected chi connectivity index (χ2v) is 4.66. The molecule has 1 atom stereocenters. The van der Waals surface area contributed by atoms with Crippen molar-refractivity contribution in [2.75, 3.05) is 13.2 Å². The van der Waals surface area contributed by atoms with E-state index >= 15 is 0 Å². The molecule has 0 fully saturated rings. The largest absolute Gasteiger partial charge is 0.465 e. The van der Waals surface area contributed by atoms with E-state index < -0.39 is 23.6 Å². The Morgan fingerprint density at radius 1 is 1.14 bits per heavy atom. The lowest BCUT2D eigenvalue weighted by molar-refractivity contribution is -0.162. The first-order chi connectivity index (χ1) is 9.99. The maximum atomic E-state index is 12.0. The molecule has 0 amide bonds. The number of carbonyl (C=O) groups excluding carboxylic acids is 3. The van der Waals surface area contributed by atoms with Gasteiger partial charge in [-0.15, -0.1) is 0 Å². The molecule has 1 unspecified atom stereocenters. The molecule has 0 aliphatic carbocycles. The van der Waals surface area contributed by atoms with Crippen LogP contribution in [0.4, 0.5) is 0 Å². The summed E-state index contributed by atoms with van der Waals surface area (Å²) < 4.78 is 9.51. The lowest BCUT2D eigenvalue weighted by atomic mass is 9.95. The van der Waals surface area contributed by atoms with E-state index in [0.29, 0.717) is 10.6 Å². The minimum Gasteiger partial charge on any atom is -0.465 e. The Balaban J connectivity index is 2.94. The molecular weight excluding hydrogens is 296 g/mol. The van der Waals surface area contributed by atoms with Gasteiger partial charge in [0.25, 0.3) is 5.78 Å². The summed E-state index contributed by atoms with van der Waals surface area (Å²) in [5.41, 5.74) is 0.665. The number of esters is 2. The van der Waals surface area contributed by atoms with E-state index in [1.165, 1.54) is 0 Å². The molecule has 114 valence electrons. The third kappa shape index (κ3) is 5.19. The molecule has 0 aromatic heterocycles. The zero-order chi connectivity index (χ0) is 15.8. The Morgan fingerprint density at radius 3 is 2.38 bits per heavy atom. The highest BCUT2D eigenvalue weighted by molar-refractivity contribution is 6.38. The summed E-state index contributed by atoms with van der Waals surface area (Å²) in [4.78, 5) is 35.5. The first-order valence-corrected chi connectivity index (χ1v) is 6.99. The lowest BCUT2D eigenvalue weighted by Crippen LogP contribution is -2.34. The van der Waals surface area contributed by atoms with E-state index in [1.807, 2.05) is 0 Å². The van der Waals surface area contributed by atoms with Gasteiger partial charge in [0.1, 0.15) is 5.92 Å². The van der Waals surface area contributed by atoms with Crippen LogP contribution in [0.25, 0.3) is 0 Å². The molecule has 0 aliphatic heterocycles. The second-order valence-electron chi connectivity index (χ2n) is 4.22. The van der Waals surface area contributed by atoms with Crippen molar-refractivity contribution in [2.45, 2.75) is 20.3 Å². The lowest BCUT2D eigenvalue weighted by Gasteiger charge is -2.14. The Labute approximate surface area is 128 Å². The van der Waals surface area contributed by atoms with Crippen LogP contribution >= 0.6 is 11.6 Å². The number of halogens is 1. The Kier molecular flexibility index (Phi) is 6.88. The molecule has 0 heterocycles. The van der Waals surface area contributed by atoms with Crippen LogP contribution in [-0.4, -0.2) is 30.9 Å². The minimum atomic E-state index is -1.22.